The molecule has 2 heterocycles. The summed E-state index contributed by atoms with van der Waals surface area (Å²) >= 11 is 6.37. The summed E-state index contributed by atoms with van der Waals surface area (Å²) in [6, 6.07) is 3.45. The third kappa shape index (κ3) is 4.70. The van der Waals surface area contributed by atoms with E-state index < -0.39 is 11.7 Å². The molecule has 1 atom stereocenters. The third-order valence-electron chi connectivity index (χ3n) is 4.53. The number of ether oxygens (including phenoxy) is 1. The Balaban J connectivity index is 1.85. The number of aryl methyl sites for hydroxylation is 1. The molecule has 0 radical (unpaired) electrons. The van der Waals surface area contributed by atoms with Crippen LogP contribution in [0, 0.1) is 6.92 Å². The van der Waals surface area contributed by atoms with E-state index in [0.717, 1.165) is 17.5 Å². The maximum atomic E-state index is 13.0. The summed E-state index contributed by atoms with van der Waals surface area (Å²) in [6.07, 6.45) is -3.38. The number of anilines is 3. The van der Waals surface area contributed by atoms with Gasteiger partial charge in [0.05, 0.1) is 23.9 Å². The standard InChI is InChI=1S/C18H19ClF3N5O2/c1-10-5-14(13(19)6-11(10)15-8-27(9-28)3-4-29-15)25-17-24-7-12(18(20,21)22)16(23-2)26-17/h5-7,9,15H,3-4,8H2,1-2H3,(H2,23,24,25,26). The van der Waals surface area contributed by atoms with Crippen molar-refractivity contribution >= 4 is 35.5 Å². The zero-order chi connectivity index (χ0) is 21.2. The smallest absolute Gasteiger partial charge is 0.372 e. The Morgan fingerprint density at radius 1 is 1.38 bits per heavy atom. The Morgan fingerprint density at radius 2 is 2.14 bits per heavy atom. The Bertz CT molecular complexity index is 910. The summed E-state index contributed by atoms with van der Waals surface area (Å²) in [7, 11) is 1.35. The number of morpholine rings is 1. The van der Waals surface area contributed by atoms with E-state index in [4.69, 9.17) is 16.3 Å². The number of nitrogens with one attached hydrogen (secondary N) is 2. The molecule has 0 aliphatic carbocycles. The molecular weight excluding hydrogens is 411 g/mol. The molecule has 156 valence electrons. The van der Waals surface area contributed by atoms with E-state index in [9.17, 15) is 18.0 Å². The molecule has 1 amide bonds. The van der Waals surface area contributed by atoms with Crippen LogP contribution in [0.1, 0.15) is 22.8 Å². The quantitative estimate of drug-likeness (QED) is 0.704. The summed E-state index contributed by atoms with van der Waals surface area (Å²) in [5, 5.41) is 5.60. The van der Waals surface area contributed by atoms with Crippen molar-refractivity contribution < 1.29 is 22.7 Å². The van der Waals surface area contributed by atoms with E-state index in [-0.39, 0.29) is 17.9 Å². The van der Waals surface area contributed by atoms with E-state index in [0.29, 0.717) is 36.6 Å². The topological polar surface area (TPSA) is 79.4 Å². The number of carbonyl (C=O) groups is 1. The van der Waals surface area contributed by atoms with Crippen molar-refractivity contribution in [1.82, 2.24) is 14.9 Å². The first-order valence-corrected chi connectivity index (χ1v) is 9.10. The Morgan fingerprint density at radius 3 is 2.79 bits per heavy atom. The van der Waals surface area contributed by atoms with Crippen LogP contribution in [0.2, 0.25) is 5.02 Å². The molecular formula is C18H19ClF3N5O2. The van der Waals surface area contributed by atoms with Crippen molar-refractivity contribution in [1.29, 1.82) is 0 Å². The Labute approximate surface area is 170 Å². The van der Waals surface area contributed by atoms with E-state index >= 15 is 0 Å². The molecule has 1 fully saturated rings. The number of carbonyl (C=O) groups excluding carboxylic acids is 1. The van der Waals surface area contributed by atoms with Crippen LogP contribution >= 0.6 is 11.6 Å². The molecule has 29 heavy (non-hydrogen) atoms. The van der Waals surface area contributed by atoms with Gasteiger partial charge in [0.1, 0.15) is 17.5 Å². The van der Waals surface area contributed by atoms with Gasteiger partial charge in [-0.05, 0) is 30.2 Å². The maximum Gasteiger partial charge on any atom is 0.421 e. The van der Waals surface area contributed by atoms with Crippen LogP contribution < -0.4 is 10.6 Å². The molecule has 0 saturated carbocycles. The second-order valence-electron chi connectivity index (χ2n) is 6.48. The molecule has 0 spiro atoms. The van der Waals surface area contributed by atoms with Crippen LogP contribution in [0.15, 0.2) is 18.3 Å². The molecule has 11 heteroatoms. The van der Waals surface area contributed by atoms with Crippen LogP contribution in [0.25, 0.3) is 0 Å². The number of aromatic nitrogens is 2. The molecule has 2 aromatic rings. The van der Waals surface area contributed by atoms with Gasteiger partial charge < -0.3 is 20.3 Å². The zero-order valence-electron chi connectivity index (χ0n) is 15.7. The number of benzene rings is 1. The molecule has 0 bridgehead atoms. The van der Waals surface area contributed by atoms with E-state index in [1.165, 1.54) is 7.05 Å². The van der Waals surface area contributed by atoms with Gasteiger partial charge in [-0.1, -0.05) is 11.6 Å². The first-order chi connectivity index (χ1) is 13.7. The van der Waals surface area contributed by atoms with E-state index in [2.05, 4.69) is 20.6 Å². The van der Waals surface area contributed by atoms with Crippen LogP contribution in [0.3, 0.4) is 0 Å². The first-order valence-electron chi connectivity index (χ1n) is 8.73. The minimum atomic E-state index is -4.57. The summed E-state index contributed by atoms with van der Waals surface area (Å²) in [4.78, 5) is 20.3. The molecule has 7 nitrogen and oxygen atoms in total. The highest BCUT2D eigenvalue weighted by Gasteiger charge is 2.35. The molecule has 1 aliphatic rings. The van der Waals surface area contributed by atoms with Gasteiger partial charge in [0.2, 0.25) is 12.4 Å². The summed E-state index contributed by atoms with van der Waals surface area (Å²) in [5.74, 6) is -0.374. The Kier molecular flexibility index (Phi) is 6.13. The molecule has 2 N–H and O–H groups in total. The van der Waals surface area contributed by atoms with Crippen molar-refractivity contribution in [2.45, 2.75) is 19.2 Å². The van der Waals surface area contributed by atoms with E-state index in [1.807, 2.05) is 6.92 Å². The van der Waals surface area contributed by atoms with Gasteiger partial charge in [-0.2, -0.15) is 18.2 Å². The lowest BCUT2D eigenvalue weighted by molar-refractivity contribution is -0.137. The number of nitrogens with zero attached hydrogens (tertiary/aromatic N) is 3. The number of halogens is 4. The summed E-state index contributed by atoms with van der Waals surface area (Å²) in [5.41, 5.74) is 1.15. The van der Waals surface area contributed by atoms with Crippen molar-refractivity contribution in [3.63, 3.8) is 0 Å². The minimum Gasteiger partial charge on any atom is -0.372 e. The number of hydrogen-bond acceptors (Lipinski definition) is 6. The van der Waals surface area contributed by atoms with Crippen molar-refractivity contribution in [3.05, 3.63) is 40.0 Å². The van der Waals surface area contributed by atoms with Crippen LogP contribution in [0.5, 0.6) is 0 Å². The van der Waals surface area contributed by atoms with Crippen molar-refractivity contribution in [3.8, 4) is 0 Å². The molecule has 3 rings (SSSR count). The van der Waals surface area contributed by atoms with Gasteiger partial charge in [-0.25, -0.2) is 4.98 Å². The van der Waals surface area contributed by atoms with Gasteiger partial charge in [-0.3, -0.25) is 4.79 Å². The predicted molar refractivity (Wildman–Crippen MR) is 102 cm³/mol. The second kappa shape index (κ2) is 8.42. The molecule has 1 aromatic heterocycles. The lowest BCUT2D eigenvalue weighted by Crippen LogP contribution is -2.37. The zero-order valence-corrected chi connectivity index (χ0v) is 16.4. The highest BCUT2D eigenvalue weighted by Crippen LogP contribution is 2.36. The monoisotopic (exact) mass is 429 g/mol. The maximum absolute atomic E-state index is 13.0. The predicted octanol–water partition coefficient (Wildman–Crippen LogP) is 3.77. The Hall–Kier alpha value is -2.59. The molecule has 1 saturated heterocycles. The van der Waals surface area contributed by atoms with Crippen LogP contribution in [-0.4, -0.2) is 48.0 Å². The number of amides is 1. The highest BCUT2D eigenvalue weighted by atomic mass is 35.5. The largest absolute Gasteiger partial charge is 0.421 e. The van der Waals surface area contributed by atoms with Gasteiger partial charge in [-0.15, -0.1) is 0 Å². The lowest BCUT2D eigenvalue weighted by atomic mass is 10.0. The summed E-state index contributed by atoms with van der Waals surface area (Å²) in [6.45, 7) is 3.23. The normalized spacial score (nSPS) is 17.2. The number of rotatable bonds is 5. The fourth-order valence-corrected chi connectivity index (χ4v) is 3.27. The first kappa shape index (κ1) is 21.1. The average molecular weight is 430 g/mol. The van der Waals surface area contributed by atoms with Gasteiger partial charge in [0.15, 0.2) is 0 Å². The van der Waals surface area contributed by atoms with Gasteiger partial charge in [0, 0.05) is 19.8 Å². The number of hydrogen-bond donors (Lipinski definition) is 2. The van der Waals surface area contributed by atoms with E-state index in [1.54, 1.807) is 17.0 Å². The SMILES string of the molecule is CNc1nc(Nc2cc(C)c(C3CN(C=O)CCO3)cc2Cl)ncc1C(F)(F)F. The molecule has 1 aliphatic heterocycles. The highest BCUT2D eigenvalue weighted by molar-refractivity contribution is 6.33. The van der Waals surface area contributed by atoms with Crippen LogP contribution in [-0.2, 0) is 15.7 Å². The second-order valence-corrected chi connectivity index (χ2v) is 6.88. The molecule has 1 unspecified atom stereocenters. The van der Waals surface area contributed by atoms with Crippen molar-refractivity contribution in [2.75, 3.05) is 37.4 Å². The lowest BCUT2D eigenvalue weighted by Gasteiger charge is -2.31. The fourth-order valence-electron chi connectivity index (χ4n) is 3.05. The van der Waals surface area contributed by atoms with Gasteiger partial charge in [0.25, 0.3) is 0 Å². The minimum absolute atomic E-state index is 0.0301. The fraction of sp³-hybridized carbons (Fsp3) is 0.389. The average Bonchev–Trinajstić information content (AvgIpc) is 2.69. The number of alkyl halides is 3. The van der Waals surface area contributed by atoms with Crippen molar-refractivity contribution in [2.24, 2.45) is 0 Å². The summed E-state index contributed by atoms with van der Waals surface area (Å²) < 4.78 is 44.7. The molecule has 1 aromatic carbocycles. The third-order valence-corrected chi connectivity index (χ3v) is 4.84. The van der Waals surface area contributed by atoms with Crippen LogP contribution in [0.4, 0.5) is 30.6 Å². The van der Waals surface area contributed by atoms with Gasteiger partial charge >= 0.3 is 6.18 Å².